The first kappa shape index (κ1) is 5.81. The monoisotopic (exact) mass is 148 g/mol. The van der Waals surface area contributed by atoms with E-state index < -0.39 is 0 Å². The van der Waals surface area contributed by atoms with E-state index in [0.717, 1.165) is 6.42 Å². The summed E-state index contributed by atoms with van der Waals surface area (Å²) in [5, 5.41) is 0. The molecule has 0 aromatic rings. The van der Waals surface area contributed by atoms with Gasteiger partial charge in [-0.2, -0.15) is 0 Å². The van der Waals surface area contributed by atoms with Crippen molar-refractivity contribution >= 4 is 5.71 Å². The molecule has 58 valence electrons. The first-order valence-electron chi connectivity index (χ1n) is 4.41. The average molecular weight is 148 g/mol. The highest BCUT2D eigenvalue weighted by atomic mass is 15.4. The van der Waals surface area contributed by atoms with Crippen LogP contribution in [0.5, 0.6) is 0 Å². The van der Waals surface area contributed by atoms with Gasteiger partial charge in [-0.25, -0.2) is 0 Å². The minimum atomic E-state index is 0.204. The number of nitrogens with one attached hydrogen (secondary N) is 1. The Bertz CT molecular complexity index is 288. The smallest absolute Gasteiger partial charge is 0.179 e. The fraction of sp³-hybridized carbons (Fsp3) is 0.667. The summed E-state index contributed by atoms with van der Waals surface area (Å²) in [5.41, 5.74) is 3.02. The van der Waals surface area contributed by atoms with E-state index in [2.05, 4.69) is 6.08 Å². The van der Waals surface area contributed by atoms with E-state index in [-0.39, 0.29) is 5.54 Å². The van der Waals surface area contributed by atoms with Crippen LogP contribution in [-0.2, 0) is 0 Å². The molecule has 1 saturated carbocycles. The highest BCUT2D eigenvalue weighted by molar-refractivity contribution is 5.95. The molecule has 1 fully saturated rings. The van der Waals surface area contributed by atoms with Crippen LogP contribution in [0.25, 0.3) is 5.84 Å². The topological polar surface area (TPSA) is 26.8 Å². The molecule has 2 bridgehead atoms. The van der Waals surface area contributed by atoms with Crippen molar-refractivity contribution in [2.75, 3.05) is 0 Å². The van der Waals surface area contributed by atoms with Gasteiger partial charge in [0.2, 0.25) is 0 Å². The Morgan fingerprint density at radius 2 is 2.27 bits per heavy atom. The Morgan fingerprint density at radius 3 is 3.00 bits per heavy atom. The maximum absolute atomic E-state index is 7.87. The summed E-state index contributed by atoms with van der Waals surface area (Å²) in [7, 11) is 0. The standard InChI is InChI=1S/C9H12N2/c10-11-8-3-5-9(11)4-1-2-7(9)6-8/h6,10H,1-5H2. The normalized spacial score (nSPS) is 39.8. The molecule has 11 heavy (non-hydrogen) atoms. The molecule has 0 radical (unpaired) electrons. The molecule has 0 aromatic carbocycles. The van der Waals surface area contributed by atoms with Crippen LogP contribution < -0.4 is 0 Å². The van der Waals surface area contributed by atoms with Gasteiger partial charge in [-0.15, -0.1) is 0 Å². The van der Waals surface area contributed by atoms with Gasteiger partial charge in [-0.3, -0.25) is 4.68 Å². The van der Waals surface area contributed by atoms with Crippen LogP contribution in [0.2, 0.25) is 0 Å². The maximum Gasteiger partial charge on any atom is 0.179 e. The second-order valence-electron chi connectivity index (χ2n) is 3.88. The molecular formula is C9H12N2. The molecule has 1 N–H and O–H groups in total. The van der Waals surface area contributed by atoms with Crippen molar-refractivity contribution in [2.45, 2.75) is 37.6 Å². The number of hydrogen-bond donors (Lipinski definition) is 0. The zero-order chi connectivity index (χ0) is 7.47. The van der Waals surface area contributed by atoms with Crippen LogP contribution in [0.4, 0.5) is 0 Å². The molecule has 0 saturated heterocycles. The van der Waals surface area contributed by atoms with Crippen molar-refractivity contribution in [3.63, 3.8) is 0 Å². The quantitative estimate of drug-likeness (QED) is 0.470. The minimum Gasteiger partial charge on any atom is -0.454 e. The van der Waals surface area contributed by atoms with Gasteiger partial charge in [0, 0.05) is 30.9 Å². The Morgan fingerprint density at radius 1 is 1.36 bits per heavy atom. The zero-order valence-electron chi connectivity index (χ0n) is 6.56. The molecule has 2 aliphatic heterocycles. The van der Waals surface area contributed by atoms with Crippen LogP contribution in [0.3, 0.4) is 0 Å². The van der Waals surface area contributed by atoms with Crippen LogP contribution in [0.15, 0.2) is 11.6 Å². The fourth-order valence-electron chi connectivity index (χ4n) is 2.88. The van der Waals surface area contributed by atoms with E-state index in [4.69, 9.17) is 5.84 Å². The van der Waals surface area contributed by atoms with Crippen LogP contribution in [-0.4, -0.2) is 15.9 Å². The Balaban J connectivity index is 2.21. The first-order valence-corrected chi connectivity index (χ1v) is 4.41. The summed E-state index contributed by atoms with van der Waals surface area (Å²) in [5.74, 6) is 7.87. The van der Waals surface area contributed by atoms with E-state index in [1.165, 1.54) is 31.4 Å². The predicted octanol–water partition coefficient (Wildman–Crippen LogP) is 2.06. The van der Waals surface area contributed by atoms with Gasteiger partial charge in [0.25, 0.3) is 0 Å². The average Bonchev–Trinajstić information content (AvgIpc) is 2.61. The number of allylic oxidation sites excluding steroid dienone is 1. The Labute approximate surface area is 66.4 Å². The highest BCUT2D eigenvalue weighted by Gasteiger charge is 2.53. The highest BCUT2D eigenvalue weighted by Crippen LogP contribution is 2.48. The van der Waals surface area contributed by atoms with Crippen LogP contribution in [0.1, 0.15) is 32.1 Å². The summed E-state index contributed by atoms with van der Waals surface area (Å²) >= 11 is 0. The molecule has 1 atom stereocenters. The summed E-state index contributed by atoms with van der Waals surface area (Å²) in [4.78, 5) is 0. The second-order valence-corrected chi connectivity index (χ2v) is 3.88. The number of nitrogens with zero attached hydrogens (tertiary/aromatic N) is 1. The lowest BCUT2D eigenvalue weighted by Crippen LogP contribution is -2.31. The molecule has 3 rings (SSSR count). The molecule has 2 heteroatoms. The van der Waals surface area contributed by atoms with Crippen molar-refractivity contribution in [2.24, 2.45) is 0 Å². The lowest BCUT2D eigenvalue weighted by molar-refractivity contribution is -0.523. The van der Waals surface area contributed by atoms with Crippen LogP contribution in [0, 0.1) is 0 Å². The van der Waals surface area contributed by atoms with Gasteiger partial charge >= 0.3 is 0 Å². The Kier molecular flexibility index (Phi) is 0.803. The molecule has 0 amide bonds. The molecule has 3 aliphatic rings. The molecule has 2 heterocycles. The molecule has 2 nitrogen and oxygen atoms in total. The van der Waals surface area contributed by atoms with Crippen molar-refractivity contribution in [1.82, 2.24) is 0 Å². The van der Waals surface area contributed by atoms with Gasteiger partial charge in [-0.1, -0.05) is 0 Å². The largest absolute Gasteiger partial charge is 0.454 e. The number of hydrogen-bond acceptors (Lipinski definition) is 0. The van der Waals surface area contributed by atoms with Gasteiger partial charge in [0.15, 0.2) is 11.3 Å². The van der Waals surface area contributed by atoms with E-state index >= 15 is 0 Å². The summed E-state index contributed by atoms with van der Waals surface area (Å²) in [6, 6.07) is 0. The SMILES string of the molecule is [NH-][N+]1=C2C=C3CCCC31CC2. The Hall–Kier alpha value is -0.790. The lowest BCUT2D eigenvalue weighted by atomic mass is 9.87. The molecule has 1 unspecified atom stereocenters. The van der Waals surface area contributed by atoms with E-state index in [1.54, 1.807) is 10.3 Å². The van der Waals surface area contributed by atoms with Crippen molar-refractivity contribution in [1.29, 1.82) is 0 Å². The van der Waals surface area contributed by atoms with Crippen molar-refractivity contribution in [3.05, 3.63) is 17.5 Å². The third-order valence-electron chi connectivity index (χ3n) is 3.49. The fourth-order valence-corrected chi connectivity index (χ4v) is 2.88. The van der Waals surface area contributed by atoms with Gasteiger partial charge < -0.3 is 5.84 Å². The van der Waals surface area contributed by atoms with Crippen molar-refractivity contribution in [3.8, 4) is 0 Å². The summed E-state index contributed by atoms with van der Waals surface area (Å²) in [6.45, 7) is 0. The number of rotatable bonds is 0. The zero-order valence-corrected chi connectivity index (χ0v) is 6.56. The van der Waals surface area contributed by atoms with E-state index in [9.17, 15) is 0 Å². The lowest BCUT2D eigenvalue weighted by Gasteiger charge is -2.22. The predicted molar refractivity (Wildman–Crippen MR) is 43.5 cm³/mol. The molecule has 1 aliphatic carbocycles. The molecule has 1 spiro atoms. The molecule has 0 aromatic heterocycles. The second kappa shape index (κ2) is 1.52. The minimum absolute atomic E-state index is 0.204. The van der Waals surface area contributed by atoms with Gasteiger partial charge in [-0.05, 0) is 12.8 Å². The summed E-state index contributed by atoms with van der Waals surface area (Å²) in [6.07, 6.45) is 8.41. The maximum atomic E-state index is 7.87. The van der Waals surface area contributed by atoms with E-state index in [1.807, 2.05) is 0 Å². The van der Waals surface area contributed by atoms with Gasteiger partial charge in [0.1, 0.15) is 0 Å². The van der Waals surface area contributed by atoms with Crippen LogP contribution >= 0.6 is 0 Å². The third-order valence-corrected chi connectivity index (χ3v) is 3.49. The summed E-state index contributed by atoms with van der Waals surface area (Å²) < 4.78 is 1.79. The molecular weight excluding hydrogens is 136 g/mol. The third kappa shape index (κ3) is 0.461. The van der Waals surface area contributed by atoms with Crippen molar-refractivity contribution < 1.29 is 4.68 Å². The van der Waals surface area contributed by atoms with Gasteiger partial charge in [0.05, 0.1) is 0 Å². The first-order chi connectivity index (χ1) is 5.33. The van der Waals surface area contributed by atoms with E-state index in [0.29, 0.717) is 0 Å².